The standard InChI is InChI=1S/C15H24N4O2/c16-14(13-7-6-9-18-11-13)12-19(17)10-5-3-1-2-4-8-15(20)21/h6-7,9,11-12H,1-5,8,10,16-17H2,(H,20,21)/b14-12-. The minimum Gasteiger partial charge on any atom is -0.481 e. The quantitative estimate of drug-likeness (QED) is 0.346. The summed E-state index contributed by atoms with van der Waals surface area (Å²) >= 11 is 0. The van der Waals surface area contributed by atoms with Crippen molar-refractivity contribution >= 4 is 11.7 Å². The highest BCUT2D eigenvalue weighted by molar-refractivity contribution is 5.66. The van der Waals surface area contributed by atoms with Crippen molar-refractivity contribution in [1.82, 2.24) is 9.99 Å². The van der Waals surface area contributed by atoms with Gasteiger partial charge in [-0.25, -0.2) is 5.84 Å². The van der Waals surface area contributed by atoms with Crippen molar-refractivity contribution in [3.05, 3.63) is 36.3 Å². The first kappa shape index (κ1) is 17.0. The molecule has 0 saturated heterocycles. The van der Waals surface area contributed by atoms with Gasteiger partial charge in [-0.1, -0.05) is 19.3 Å². The number of nitrogens with zero attached hydrogens (tertiary/aromatic N) is 2. The number of unbranched alkanes of at least 4 members (excludes halogenated alkanes) is 4. The summed E-state index contributed by atoms with van der Waals surface area (Å²) in [7, 11) is 0. The van der Waals surface area contributed by atoms with Crippen LogP contribution < -0.4 is 11.6 Å². The van der Waals surface area contributed by atoms with Crippen LogP contribution in [0, 0.1) is 0 Å². The molecule has 1 rings (SSSR count). The Kier molecular flexibility index (Phi) is 7.89. The van der Waals surface area contributed by atoms with Crippen molar-refractivity contribution in [2.24, 2.45) is 11.6 Å². The lowest BCUT2D eigenvalue weighted by Gasteiger charge is -2.14. The Labute approximate surface area is 125 Å². The fourth-order valence-electron chi connectivity index (χ4n) is 1.95. The highest BCUT2D eigenvalue weighted by Gasteiger charge is 2.00. The lowest BCUT2D eigenvalue weighted by Crippen LogP contribution is -2.27. The largest absolute Gasteiger partial charge is 0.481 e. The molecule has 1 aromatic rings. The van der Waals surface area contributed by atoms with Gasteiger partial charge in [-0.15, -0.1) is 0 Å². The minimum absolute atomic E-state index is 0.257. The van der Waals surface area contributed by atoms with E-state index in [0.29, 0.717) is 5.70 Å². The number of carboxylic acids is 1. The third-order valence-electron chi connectivity index (χ3n) is 3.11. The topological polar surface area (TPSA) is 105 Å². The van der Waals surface area contributed by atoms with E-state index in [1.54, 1.807) is 23.6 Å². The molecule has 1 heterocycles. The molecule has 0 bridgehead atoms. The summed E-state index contributed by atoms with van der Waals surface area (Å²) in [6.45, 7) is 0.722. The van der Waals surface area contributed by atoms with Crippen molar-refractivity contribution in [3.8, 4) is 0 Å². The Morgan fingerprint density at radius 3 is 2.67 bits per heavy atom. The van der Waals surface area contributed by atoms with Gasteiger partial charge in [-0.2, -0.15) is 0 Å². The van der Waals surface area contributed by atoms with Crippen LogP contribution in [-0.2, 0) is 4.79 Å². The van der Waals surface area contributed by atoms with Crippen LogP contribution in [0.5, 0.6) is 0 Å². The number of aliphatic carboxylic acids is 1. The summed E-state index contributed by atoms with van der Waals surface area (Å²) in [6, 6.07) is 3.71. The summed E-state index contributed by atoms with van der Waals surface area (Å²) in [5.74, 6) is 5.15. The highest BCUT2D eigenvalue weighted by Crippen LogP contribution is 2.08. The molecule has 0 spiro atoms. The molecule has 0 fully saturated rings. The van der Waals surface area contributed by atoms with Crippen LogP contribution in [0.4, 0.5) is 0 Å². The third kappa shape index (κ3) is 7.94. The second-order valence-corrected chi connectivity index (χ2v) is 4.98. The van der Waals surface area contributed by atoms with E-state index in [0.717, 1.165) is 44.2 Å². The minimum atomic E-state index is -0.723. The van der Waals surface area contributed by atoms with E-state index in [1.165, 1.54) is 0 Å². The Morgan fingerprint density at radius 2 is 2.00 bits per heavy atom. The van der Waals surface area contributed by atoms with E-state index in [9.17, 15) is 4.79 Å². The first-order valence-electron chi connectivity index (χ1n) is 7.20. The van der Waals surface area contributed by atoms with E-state index >= 15 is 0 Å². The van der Waals surface area contributed by atoms with Gasteiger partial charge in [0.25, 0.3) is 0 Å². The lowest BCUT2D eigenvalue weighted by molar-refractivity contribution is -0.137. The van der Waals surface area contributed by atoms with Crippen LogP contribution in [-0.4, -0.2) is 27.6 Å². The molecular weight excluding hydrogens is 268 g/mol. The summed E-state index contributed by atoms with van der Waals surface area (Å²) in [5, 5.41) is 10.1. The zero-order chi connectivity index (χ0) is 15.5. The van der Waals surface area contributed by atoms with E-state index < -0.39 is 5.97 Å². The fraction of sp³-hybridized carbons (Fsp3) is 0.467. The summed E-state index contributed by atoms with van der Waals surface area (Å²) in [5.41, 5.74) is 7.38. The van der Waals surface area contributed by atoms with Crippen molar-refractivity contribution in [2.75, 3.05) is 6.54 Å². The summed E-state index contributed by atoms with van der Waals surface area (Å²) < 4.78 is 0. The molecule has 0 aromatic carbocycles. The number of nitrogens with two attached hydrogens (primary N) is 2. The van der Waals surface area contributed by atoms with Gasteiger partial charge in [0.2, 0.25) is 0 Å². The number of aromatic nitrogens is 1. The Morgan fingerprint density at radius 1 is 1.29 bits per heavy atom. The highest BCUT2D eigenvalue weighted by atomic mass is 16.4. The van der Waals surface area contributed by atoms with Gasteiger partial charge in [-0.3, -0.25) is 9.78 Å². The molecule has 0 saturated carbocycles. The number of rotatable bonds is 10. The van der Waals surface area contributed by atoms with E-state index in [2.05, 4.69) is 4.98 Å². The molecule has 21 heavy (non-hydrogen) atoms. The molecule has 0 unspecified atom stereocenters. The first-order valence-corrected chi connectivity index (χ1v) is 7.20. The van der Waals surface area contributed by atoms with Crippen LogP contribution >= 0.6 is 0 Å². The second kappa shape index (κ2) is 9.77. The van der Waals surface area contributed by atoms with Crippen LogP contribution in [0.15, 0.2) is 30.7 Å². The SMILES string of the molecule is N/C(=C\N(N)CCCCCCCC(=O)O)c1cccnc1. The number of hydrogen-bond donors (Lipinski definition) is 3. The van der Waals surface area contributed by atoms with Crippen LogP contribution in [0.2, 0.25) is 0 Å². The second-order valence-electron chi connectivity index (χ2n) is 4.98. The monoisotopic (exact) mass is 292 g/mol. The fourth-order valence-corrected chi connectivity index (χ4v) is 1.95. The molecule has 0 atom stereocenters. The molecule has 0 aliphatic rings. The number of carboxylic acid groups (broad SMARTS) is 1. The zero-order valence-corrected chi connectivity index (χ0v) is 12.2. The maximum Gasteiger partial charge on any atom is 0.303 e. The van der Waals surface area contributed by atoms with Gasteiger partial charge in [0.15, 0.2) is 0 Å². The number of carbonyl (C=O) groups is 1. The van der Waals surface area contributed by atoms with Gasteiger partial charge >= 0.3 is 5.97 Å². The predicted octanol–water partition coefficient (Wildman–Crippen LogP) is 1.94. The molecule has 0 aliphatic carbocycles. The van der Waals surface area contributed by atoms with E-state index in [4.69, 9.17) is 16.7 Å². The van der Waals surface area contributed by atoms with Crippen molar-refractivity contribution in [2.45, 2.75) is 38.5 Å². The number of hydrazine groups is 1. The first-order chi connectivity index (χ1) is 10.1. The van der Waals surface area contributed by atoms with Gasteiger partial charge in [0, 0.05) is 37.1 Å². The van der Waals surface area contributed by atoms with Gasteiger partial charge in [-0.05, 0) is 25.0 Å². The maximum atomic E-state index is 10.4. The summed E-state index contributed by atoms with van der Waals surface area (Å²) in [6.07, 6.45) is 10.1. The molecule has 1 aromatic heterocycles. The van der Waals surface area contributed by atoms with Crippen molar-refractivity contribution in [3.63, 3.8) is 0 Å². The van der Waals surface area contributed by atoms with Gasteiger partial charge in [0.1, 0.15) is 0 Å². The van der Waals surface area contributed by atoms with Crippen molar-refractivity contribution in [1.29, 1.82) is 0 Å². The smallest absolute Gasteiger partial charge is 0.303 e. The lowest BCUT2D eigenvalue weighted by atomic mass is 10.1. The zero-order valence-electron chi connectivity index (χ0n) is 12.2. The normalized spacial score (nSPS) is 11.4. The average Bonchev–Trinajstić information content (AvgIpc) is 2.46. The molecular formula is C15H24N4O2. The summed E-state index contributed by atoms with van der Waals surface area (Å²) in [4.78, 5) is 14.4. The van der Waals surface area contributed by atoms with Crippen LogP contribution in [0.1, 0.15) is 44.1 Å². The molecule has 6 heteroatoms. The third-order valence-corrected chi connectivity index (χ3v) is 3.11. The van der Waals surface area contributed by atoms with Crippen molar-refractivity contribution < 1.29 is 9.90 Å². The van der Waals surface area contributed by atoms with Gasteiger partial charge in [0.05, 0.1) is 5.70 Å². The molecule has 116 valence electrons. The number of hydrogen-bond acceptors (Lipinski definition) is 5. The maximum absolute atomic E-state index is 10.4. The predicted molar refractivity (Wildman–Crippen MR) is 82.6 cm³/mol. The van der Waals surface area contributed by atoms with Gasteiger partial charge < -0.3 is 15.8 Å². The Hall–Kier alpha value is -2.08. The molecule has 5 N–H and O–H groups in total. The molecule has 0 radical (unpaired) electrons. The Bertz CT molecular complexity index is 448. The molecule has 6 nitrogen and oxygen atoms in total. The van der Waals surface area contributed by atoms with E-state index in [1.807, 2.05) is 12.1 Å². The molecule has 0 aliphatic heterocycles. The average molecular weight is 292 g/mol. The van der Waals surface area contributed by atoms with Crippen LogP contribution in [0.3, 0.4) is 0 Å². The van der Waals surface area contributed by atoms with E-state index in [-0.39, 0.29) is 6.42 Å². The number of pyridine rings is 1. The van der Waals surface area contributed by atoms with Crippen LogP contribution in [0.25, 0.3) is 5.70 Å². The molecule has 0 amide bonds. The Balaban J connectivity index is 2.16.